The summed E-state index contributed by atoms with van der Waals surface area (Å²) in [5.41, 5.74) is 0.722. The van der Waals surface area contributed by atoms with Gasteiger partial charge >= 0.3 is 5.97 Å². The summed E-state index contributed by atoms with van der Waals surface area (Å²) in [5.74, 6) is -1.07. The van der Waals surface area contributed by atoms with Gasteiger partial charge in [0.15, 0.2) is 0 Å². The summed E-state index contributed by atoms with van der Waals surface area (Å²) in [6.07, 6.45) is 4.80. The van der Waals surface area contributed by atoms with Crippen LogP contribution in [0.4, 0.5) is 0 Å². The molecular weight excluding hydrogens is 182 g/mol. The molecule has 4 heteroatoms. The van der Waals surface area contributed by atoms with Gasteiger partial charge in [-0.1, -0.05) is 18.7 Å². The summed E-state index contributed by atoms with van der Waals surface area (Å²) < 4.78 is 4.48. The third-order valence-electron chi connectivity index (χ3n) is 1.80. The third-order valence-corrected chi connectivity index (χ3v) is 1.80. The first-order valence-electron chi connectivity index (χ1n) is 4.10. The molecule has 0 aromatic carbocycles. The second kappa shape index (κ2) is 4.41. The van der Waals surface area contributed by atoms with Gasteiger partial charge in [-0.25, -0.2) is 4.79 Å². The Bertz CT molecular complexity index is 329. The van der Waals surface area contributed by atoms with Crippen LogP contribution in [0.5, 0.6) is 0 Å². The Labute approximate surface area is 81.9 Å². The highest BCUT2D eigenvalue weighted by molar-refractivity contribution is 6.17. The molecule has 0 spiro atoms. The van der Waals surface area contributed by atoms with E-state index in [-0.39, 0.29) is 5.57 Å². The SMILES string of the molecule is C=CC1=CCNC(=O)C(C(=O)OC)=C1. The van der Waals surface area contributed by atoms with Gasteiger partial charge in [0.25, 0.3) is 5.91 Å². The van der Waals surface area contributed by atoms with Gasteiger partial charge in [-0.2, -0.15) is 0 Å². The zero-order chi connectivity index (χ0) is 10.6. The number of hydrogen-bond acceptors (Lipinski definition) is 3. The van der Waals surface area contributed by atoms with Gasteiger partial charge in [-0.3, -0.25) is 4.79 Å². The zero-order valence-corrected chi connectivity index (χ0v) is 7.87. The minimum atomic E-state index is -0.642. The number of ether oxygens (including phenoxy) is 1. The van der Waals surface area contributed by atoms with E-state index in [1.165, 1.54) is 13.2 Å². The molecule has 14 heavy (non-hydrogen) atoms. The Balaban J connectivity index is 3.03. The Hall–Kier alpha value is -1.84. The van der Waals surface area contributed by atoms with Crippen LogP contribution < -0.4 is 5.32 Å². The number of allylic oxidation sites excluding steroid dienone is 3. The molecule has 1 amide bonds. The Kier molecular flexibility index (Phi) is 3.23. The summed E-state index contributed by atoms with van der Waals surface area (Å²) in [6, 6.07) is 0. The molecule has 0 saturated heterocycles. The van der Waals surface area contributed by atoms with Crippen molar-refractivity contribution >= 4 is 11.9 Å². The van der Waals surface area contributed by atoms with E-state index < -0.39 is 11.9 Å². The molecule has 0 atom stereocenters. The summed E-state index contributed by atoms with van der Waals surface area (Å²) in [7, 11) is 1.23. The minimum Gasteiger partial charge on any atom is -0.465 e. The molecule has 1 aliphatic rings. The van der Waals surface area contributed by atoms with Crippen LogP contribution in [0.15, 0.2) is 36.0 Å². The van der Waals surface area contributed by atoms with Gasteiger partial charge in [0.2, 0.25) is 0 Å². The lowest BCUT2D eigenvalue weighted by Crippen LogP contribution is -2.27. The lowest BCUT2D eigenvalue weighted by molar-refractivity contribution is -0.138. The van der Waals surface area contributed by atoms with E-state index in [1.807, 2.05) is 0 Å². The smallest absolute Gasteiger partial charge is 0.343 e. The normalized spacial score (nSPS) is 15.9. The van der Waals surface area contributed by atoms with E-state index in [1.54, 1.807) is 12.2 Å². The van der Waals surface area contributed by atoms with Crippen LogP contribution in [0.1, 0.15) is 0 Å². The first kappa shape index (κ1) is 10.2. The van der Waals surface area contributed by atoms with Crippen LogP contribution in [-0.2, 0) is 14.3 Å². The van der Waals surface area contributed by atoms with Crippen molar-refractivity contribution in [2.45, 2.75) is 0 Å². The lowest BCUT2D eigenvalue weighted by Gasteiger charge is -2.02. The summed E-state index contributed by atoms with van der Waals surface area (Å²) in [4.78, 5) is 22.5. The molecule has 1 N–H and O–H groups in total. The molecule has 1 heterocycles. The molecular formula is C10H11NO3. The molecule has 0 fully saturated rings. The Morgan fingerprint density at radius 2 is 2.43 bits per heavy atom. The van der Waals surface area contributed by atoms with Crippen molar-refractivity contribution in [1.82, 2.24) is 5.32 Å². The number of nitrogens with one attached hydrogen (secondary N) is 1. The van der Waals surface area contributed by atoms with Crippen LogP contribution in [0, 0.1) is 0 Å². The molecule has 74 valence electrons. The second-order valence-electron chi connectivity index (χ2n) is 2.67. The highest BCUT2D eigenvalue weighted by atomic mass is 16.5. The predicted molar refractivity (Wildman–Crippen MR) is 51.4 cm³/mol. The molecule has 0 bridgehead atoms. The monoisotopic (exact) mass is 193 g/mol. The van der Waals surface area contributed by atoms with Crippen molar-refractivity contribution in [3.8, 4) is 0 Å². The van der Waals surface area contributed by atoms with Crippen molar-refractivity contribution in [1.29, 1.82) is 0 Å². The number of rotatable bonds is 2. The van der Waals surface area contributed by atoms with Gasteiger partial charge in [0.1, 0.15) is 5.57 Å². The molecule has 0 aromatic heterocycles. The fourth-order valence-electron chi connectivity index (χ4n) is 1.05. The zero-order valence-electron chi connectivity index (χ0n) is 7.87. The maximum Gasteiger partial charge on any atom is 0.343 e. The Morgan fingerprint density at radius 3 is 3.00 bits per heavy atom. The number of carbonyl (C=O) groups is 2. The largest absolute Gasteiger partial charge is 0.465 e. The fraction of sp³-hybridized carbons (Fsp3) is 0.200. The average molecular weight is 193 g/mol. The topological polar surface area (TPSA) is 55.4 Å². The van der Waals surface area contributed by atoms with Crippen LogP contribution in [0.3, 0.4) is 0 Å². The fourth-order valence-corrected chi connectivity index (χ4v) is 1.05. The van der Waals surface area contributed by atoms with Crippen molar-refractivity contribution in [3.05, 3.63) is 36.0 Å². The van der Waals surface area contributed by atoms with Crippen LogP contribution >= 0.6 is 0 Å². The second-order valence-corrected chi connectivity index (χ2v) is 2.67. The molecule has 0 aliphatic carbocycles. The van der Waals surface area contributed by atoms with E-state index in [9.17, 15) is 9.59 Å². The standard InChI is InChI=1S/C10H11NO3/c1-3-7-4-5-11-9(12)8(6-7)10(13)14-2/h3-4,6H,1,5H2,2H3,(H,11,12). The van der Waals surface area contributed by atoms with Gasteiger partial charge in [-0.05, 0) is 11.6 Å². The third kappa shape index (κ3) is 2.10. The minimum absolute atomic E-state index is 0.00356. The van der Waals surface area contributed by atoms with Crippen LogP contribution in [0.2, 0.25) is 0 Å². The summed E-state index contributed by atoms with van der Waals surface area (Å²) in [6.45, 7) is 3.95. The van der Waals surface area contributed by atoms with Crippen molar-refractivity contribution in [3.63, 3.8) is 0 Å². The van der Waals surface area contributed by atoms with Gasteiger partial charge < -0.3 is 10.1 Å². The van der Waals surface area contributed by atoms with Gasteiger partial charge in [0, 0.05) is 6.54 Å². The lowest BCUT2D eigenvalue weighted by atomic mass is 10.1. The number of amides is 1. The van der Waals surface area contributed by atoms with E-state index in [0.29, 0.717) is 6.54 Å². The highest BCUT2D eigenvalue weighted by Crippen LogP contribution is 2.08. The van der Waals surface area contributed by atoms with Gasteiger partial charge in [-0.15, -0.1) is 0 Å². The number of carbonyl (C=O) groups excluding carboxylic acids is 2. The first-order valence-corrected chi connectivity index (χ1v) is 4.10. The first-order chi connectivity index (χ1) is 6.69. The van der Waals surface area contributed by atoms with E-state index >= 15 is 0 Å². The highest BCUT2D eigenvalue weighted by Gasteiger charge is 2.19. The molecule has 1 aliphatic heterocycles. The van der Waals surface area contributed by atoms with E-state index in [0.717, 1.165) is 5.57 Å². The van der Waals surface area contributed by atoms with E-state index in [2.05, 4.69) is 16.6 Å². The summed E-state index contributed by atoms with van der Waals surface area (Å²) >= 11 is 0. The number of esters is 1. The number of methoxy groups -OCH3 is 1. The quantitative estimate of drug-likeness (QED) is 0.508. The molecule has 0 aromatic rings. The summed E-state index contributed by atoms with van der Waals surface area (Å²) in [5, 5.41) is 2.54. The van der Waals surface area contributed by atoms with Gasteiger partial charge in [0.05, 0.1) is 7.11 Å². The van der Waals surface area contributed by atoms with Crippen LogP contribution in [-0.4, -0.2) is 25.5 Å². The predicted octanol–water partition coefficient (Wildman–Crippen LogP) is 0.328. The molecule has 1 rings (SSSR count). The van der Waals surface area contributed by atoms with Crippen LogP contribution in [0.25, 0.3) is 0 Å². The molecule has 0 unspecified atom stereocenters. The molecule has 0 saturated carbocycles. The van der Waals surface area contributed by atoms with Crippen molar-refractivity contribution in [2.75, 3.05) is 13.7 Å². The Morgan fingerprint density at radius 1 is 1.71 bits per heavy atom. The van der Waals surface area contributed by atoms with Crippen molar-refractivity contribution in [2.24, 2.45) is 0 Å². The van der Waals surface area contributed by atoms with Crippen molar-refractivity contribution < 1.29 is 14.3 Å². The van der Waals surface area contributed by atoms with E-state index in [4.69, 9.17) is 0 Å². The molecule has 4 nitrogen and oxygen atoms in total. The number of hydrogen-bond donors (Lipinski definition) is 1. The maximum absolute atomic E-state index is 11.3. The molecule has 0 radical (unpaired) electrons. The maximum atomic E-state index is 11.3. The average Bonchev–Trinajstić information content (AvgIpc) is 2.39.